The summed E-state index contributed by atoms with van der Waals surface area (Å²) in [6.07, 6.45) is 1.92. The van der Waals surface area contributed by atoms with Gasteiger partial charge in [-0.05, 0) is 19.4 Å². The second-order valence-electron chi connectivity index (χ2n) is 3.51. The third kappa shape index (κ3) is 2.49. The van der Waals surface area contributed by atoms with Crippen LogP contribution in [-0.4, -0.2) is 34.2 Å². The maximum Gasteiger partial charge on any atom is 0.0795 e. The number of aromatic nitrogens is 1. The van der Waals surface area contributed by atoms with Gasteiger partial charge in [0, 0.05) is 18.5 Å². The first kappa shape index (κ1) is 9.12. The molecule has 1 aliphatic heterocycles. The van der Waals surface area contributed by atoms with E-state index in [0.717, 1.165) is 38.2 Å². The van der Waals surface area contributed by atoms with Crippen LogP contribution in [0.3, 0.4) is 0 Å². The summed E-state index contributed by atoms with van der Waals surface area (Å²) < 4.78 is 0. The molecule has 0 saturated carbocycles. The number of β-amino-alcohol motifs (C(OH)–C–C–N with tert-alkyl or cyclic N) is 1. The molecule has 0 spiro atoms. The highest BCUT2D eigenvalue weighted by Crippen LogP contribution is 2.13. The zero-order chi connectivity index (χ0) is 9.10. The molecule has 1 unspecified atom stereocenters. The smallest absolute Gasteiger partial charge is 0.0795 e. The summed E-state index contributed by atoms with van der Waals surface area (Å²) in [5.74, 6) is 0. The third-order valence-electron chi connectivity index (χ3n) is 2.35. The van der Waals surface area contributed by atoms with Gasteiger partial charge in [-0.1, -0.05) is 0 Å². The van der Waals surface area contributed by atoms with E-state index in [4.69, 9.17) is 0 Å². The van der Waals surface area contributed by atoms with Crippen LogP contribution >= 0.6 is 11.3 Å². The van der Waals surface area contributed by atoms with Crippen molar-refractivity contribution in [3.63, 3.8) is 0 Å². The van der Waals surface area contributed by atoms with Crippen molar-refractivity contribution in [2.45, 2.75) is 25.5 Å². The average Bonchev–Trinajstić information content (AvgIpc) is 2.57. The molecule has 1 saturated heterocycles. The second kappa shape index (κ2) is 4.17. The predicted molar refractivity (Wildman–Crippen MR) is 52.6 cm³/mol. The number of aliphatic hydroxyl groups is 1. The van der Waals surface area contributed by atoms with Gasteiger partial charge in [0.25, 0.3) is 0 Å². The number of hydrogen-bond donors (Lipinski definition) is 1. The lowest BCUT2D eigenvalue weighted by Crippen LogP contribution is -2.37. The molecule has 72 valence electrons. The van der Waals surface area contributed by atoms with Gasteiger partial charge < -0.3 is 5.11 Å². The highest BCUT2D eigenvalue weighted by molar-refractivity contribution is 7.07. The summed E-state index contributed by atoms with van der Waals surface area (Å²) in [7, 11) is 0. The van der Waals surface area contributed by atoms with E-state index in [9.17, 15) is 5.11 Å². The summed E-state index contributed by atoms with van der Waals surface area (Å²) in [6, 6.07) is 0. The van der Waals surface area contributed by atoms with Crippen LogP contribution in [0.2, 0.25) is 0 Å². The Kier molecular flexibility index (Phi) is 2.93. The molecule has 3 nitrogen and oxygen atoms in total. The first-order valence-corrected chi connectivity index (χ1v) is 5.56. The molecule has 1 atom stereocenters. The van der Waals surface area contributed by atoms with Crippen molar-refractivity contribution in [2.24, 2.45) is 0 Å². The largest absolute Gasteiger partial charge is 0.392 e. The van der Waals surface area contributed by atoms with Crippen LogP contribution in [0, 0.1) is 0 Å². The van der Waals surface area contributed by atoms with Crippen molar-refractivity contribution in [2.75, 3.05) is 13.1 Å². The minimum Gasteiger partial charge on any atom is -0.392 e. The topological polar surface area (TPSA) is 36.4 Å². The average molecular weight is 198 g/mol. The van der Waals surface area contributed by atoms with E-state index in [1.54, 1.807) is 11.3 Å². The van der Waals surface area contributed by atoms with Crippen LogP contribution in [0.4, 0.5) is 0 Å². The molecule has 1 aliphatic rings. The number of rotatable bonds is 2. The molecule has 13 heavy (non-hydrogen) atoms. The van der Waals surface area contributed by atoms with E-state index in [2.05, 4.69) is 15.3 Å². The van der Waals surface area contributed by atoms with Gasteiger partial charge in [-0.2, -0.15) is 0 Å². The lowest BCUT2D eigenvalue weighted by Gasteiger charge is -2.29. The second-order valence-corrected chi connectivity index (χ2v) is 4.23. The molecule has 1 fully saturated rings. The summed E-state index contributed by atoms with van der Waals surface area (Å²) in [4.78, 5) is 6.50. The normalized spacial score (nSPS) is 24.8. The van der Waals surface area contributed by atoms with Gasteiger partial charge in [0.1, 0.15) is 0 Å². The fourth-order valence-corrected chi connectivity index (χ4v) is 2.27. The molecule has 2 heterocycles. The van der Waals surface area contributed by atoms with Crippen LogP contribution in [0.5, 0.6) is 0 Å². The van der Waals surface area contributed by atoms with Gasteiger partial charge in [-0.25, -0.2) is 4.98 Å². The maximum atomic E-state index is 9.45. The fraction of sp³-hybridized carbons (Fsp3) is 0.667. The van der Waals surface area contributed by atoms with E-state index in [1.165, 1.54) is 0 Å². The lowest BCUT2D eigenvalue weighted by molar-refractivity contribution is 0.0663. The van der Waals surface area contributed by atoms with Gasteiger partial charge >= 0.3 is 0 Å². The van der Waals surface area contributed by atoms with Crippen LogP contribution < -0.4 is 0 Å². The van der Waals surface area contributed by atoms with Crippen molar-refractivity contribution >= 4 is 11.3 Å². The quantitative estimate of drug-likeness (QED) is 0.773. The molecule has 4 heteroatoms. The molecular weight excluding hydrogens is 184 g/mol. The van der Waals surface area contributed by atoms with E-state index < -0.39 is 0 Å². The molecule has 1 N–H and O–H groups in total. The Morgan fingerprint density at radius 2 is 2.62 bits per heavy atom. The molecule has 1 aromatic heterocycles. The lowest BCUT2D eigenvalue weighted by atomic mass is 10.1. The minimum absolute atomic E-state index is 0.132. The molecule has 0 radical (unpaired) electrons. The molecule has 1 aromatic rings. The van der Waals surface area contributed by atoms with Gasteiger partial charge in [0.2, 0.25) is 0 Å². The Balaban J connectivity index is 1.87. The zero-order valence-electron chi connectivity index (χ0n) is 7.52. The monoisotopic (exact) mass is 198 g/mol. The first-order valence-electron chi connectivity index (χ1n) is 4.62. The molecule has 0 aliphatic carbocycles. The van der Waals surface area contributed by atoms with Crippen LogP contribution in [0.25, 0.3) is 0 Å². The Bertz CT molecular complexity index is 250. The summed E-state index contributed by atoms with van der Waals surface area (Å²) in [6.45, 7) is 2.78. The van der Waals surface area contributed by atoms with Gasteiger partial charge in [-0.3, -0.25) is 4.90 Å². The maximum absolute atomic E-state index is 9.45. The van der Waals surface area contributed by atoms with Crippen molar-refractivity contribution in [3.05, 3.63) is 16.6 Å². The Labute approximate surface area is 82.0 Å². The van der Waals surface area contributed by atoms with E-state index in [-0.39, 0.29) is 6.10 Å². The van der Waals surface area contributed by atoms with Gasteiger partial charge in [0.15, 0.2) is 0 Å². The Morgan fingerprint density at radius 3 is 3.31 bits per heavy atom. The van der Waals surface area contributed by atoms with Crippen molar-refractivity contribution in [1.29, 1.82) is 0 Å². The highest BCUT2D eigenvalue weighted by Gasteiger charge is 2.17. The third-order valence-corrected chi connectivity index (χ3v) is 2.98. The first-order chi connectivity index (χ1) is 6.34. The number of likely N-dealkylation sites (tertiary alicyclic amines) is 1. The molecule has 0 amide bonds. The highest BCUT2D eigenvalue weighted by atomic mass is 32.1. The SMILES string of the molecule is OC1CCCN(Cc2cscn2)C1. The number of piperidine rings is 1. The van der Waals surface area contributed by atoms with Crippen molar-refractivity contribution < 1.29 is 5.11 Å². The van der Waals surface area contributed by atoms with Crippen LogP contribution in [-0.2, 0) is 6.54 Å². The van der Waals surface area contributed by atoms with Crippen LogP contribution in [0.15, 0.2) is 10.9 Å². The molecule has 0 aromatic carbocycles. The fourth-order valence-electron chi connectivity index (χ4n) is 1.72. The van der Waals surface area contributed by atoms with E-state index in [0.29, 0.717) is 0 Å². The predicted octanol–water partition coefficient (Wildman–Crippen LogP) is 1.10. The number of nitrogens with zero attached hydrogens (tertiary/aromatic N) is 2. The van der Waals surface area contributed by atoms with E-state index in [1.807, 2.05) is 5.51 Å². The van der Waals surface area contributed by atoms with Crippen molar-refractivity contribution in [3.8, 4) is 0 Å². The van der Waals surface area contributed by atoms with Crippen molar-refractivity contribution in [1.82, 2.24) is 9.88 Å². The summed E-state index contributed by atoms with van der Waals surface area (Å²) >= 11 is 1.63. The summed E-state index contributed by atoms with van der Waals surface area (Å²) in [5, 5.41) is 11.5. The Hall–Kier alpha value is -0.450. The minimum atomic E-state index is -0.132. The zero-order valence-corrected chi connectivity index (χ0v) is 8.33. The van der Waals surface area contributed by atoms with Gasteiger partial charge in [0.05, 0.1) is 17.3 Å². The molecule has 2 rings (SSSR count). The van der Waals surface area contributed by atoms with Gasteiger partial charge in [-0.15, -0.1) is 11.3 Å². The molecule has 0 bridgehead atoms. The number of hydrogen-bond acceptors (Lipinski definition) is 4. The Morgan fingerprint density at radius 1 is 1.69 bits per heavy atom. The van der Waals surface area contributed by atoms with Crippen LogP contribution in [0.1, 0.15) is 18.5 Å². The standard InChI is InChI=1S/C9H14N2OS/c12-9-2-1-3-11(5-9)4-8-6-13-7-10-8/h6-7,9,12H,1-5H2. The number of thiazole rings is 1. The number of aliphatic hydroxyl groups excluding tert-OH is 1. The summed E-state index contributed by atoms with van der Waals surface area (Å²) in [5.41, 5.74) is 2.98. The molecular formula is C9H14N2OS. The van der Waals surface area contributed by atoms with E-state index >= 15 is 0 Å².